The molecule has 0 saturated heterocycles. The Hall–Kier alpha value is -1.44. The minimum Gasteiger partial charge on any atom is -0.476 e. The van der Waals surface area contributed by atoms with Crippen LogP contribution in [0.4, 0.5) is 0 Å². The highest BCUT2D eigenvalue weighted by molar-refractivity contribution is 7.91. The highest BCUT2D eigenvalue weighted by Crippen LogP contribution is 2.32. The van der Waals surface area contributed by atoms with Gasteiger partial charge in [0.1, 0.15) is 9.84 Å². The summed E-state index contributed by atoms with van der Waals surface area (Å²) in [6.45, 7) is 1.96. The number of carboxylic acid groups (broad SMARTS) is 1. The minimum absolute atomic E-state index is 0.0154. The Kier molecular flexibility index (Phi) is 4.65. The molecule has 2 atom stereocenters. The molecule has 2 rings (SSSR count). The van der Waals surface area contributed by atoms with E-state index in [4.69, 9.17) is 0 Å². The third-order valence-electron chi connectivity index (χ3n) is 4.03. The number of aromatic carboxylic acids is 1. The Morgan fingerprint density at radius 2 is 2.14 bits per heavy atom. The van der Waals surface area contributed by atoms with Gasteiger partial charge in [-0.3, -0.25) is 0 Å². The first kappa shape index (κ1) is 15.9. The molecule has 0 aliphatic heterocycles. The lowest BCUT2D eigenvalue weighted by Gasteiger charge is -2.28. The van der Waals surface area contributed by atoms with Crippen molar-refractivity contribution in [2.75, 3.05) is 6.26 Å². The predicted octanol–water partition coefficient (Wildman–Crippen LogP) is 1.46. The molecule has 8 heteroatoms. The molecule has 0 amide bonds. The van der Waals surface area contributed by atoms with Crippen LogP contribution < -0.4 is 0 Å². The van der Waals surface area contributed by atoms with E-state index in [9.17, 15) is 18.3 Å². The van der Waals surface area contributed by atoms with Gasteiger partial charge in [-0.1, -0.05) is 25.0 Å². The van der Waals surface area contributed by atoms with Gasteiger partial charge < -0.3 is 5.11 Å². The molecule has 2 unspecified atom stereocenters. The molecule has 0 bridgehead atoms. The van der Waals surface area contributed by atoms with Gasteiger partial charge in [0, 0.05) is 6.26 Å². The van der Waals surface area contributed by atoms with Crippen molar-refractivity contribution in [3.63, 3.8) is 0 Å². The van der Waals surface area contributed by atoms with Crippen molar-refractivity contribution in [1.82, 2.24) is 15.0 Å². The van der Waals surface area contributed by atoms with Gasteiger partial charge in [-0.05, 0) is 25.7 Å². The van der Waals surface area contributed by atoms with Gasteiger partial charge in [-0.2, -0.15) is 0 Å². The average Bonchev–Trinajstić information content (AvgIpc) is 2.82. The number of carboxylic acids is 1. The molecule has 1 heterocycles. The van der Waals surface area contributed by atoms with E-state index in [1.54, 1.807) is 4.68 Å². The molecule has 118 valence electrons. The minimum atomic E-state index is -3.08. The number of sulfone groups is 1. The average molecular weight is 315 g/mol. The van der Waals surface area contributed by atoms with Crippen molar-refractivity contribution in [2.24, 2.45) is 0 Å². The van der Waals surface area contributed by atoms with Gasteiger partial charge in [-0.15, -0.1) is 5.10 Å². The fourth-order valence-electron chi connectivity index (χ4n) is 2.97. The molecule has 7 nitrogen and oxygen atoms in total. The summed E-state index contributed by atoms with van der Waals surface area (Å²) in [4.78, 5) is 11.2. The molecule has 21 heavy (non-hydrogen) atoms. The van der Waals surface area contributed by atoms with E-state index in [0.29, 0.717) is 25.0 Å². The van der Waals surface area contributed by atoms with Gasteiger partial charge >= 0.3 is 5.97 Å². The molecule has 1 aromatic heterocycles. The van der Waals surface area contributed by atoms with Gasteiger partial charge in [-0.25, -0.2) is 17.9 Å². The Morgan fingerprint density at radius 1 is 1.43 bits per heavy atom. The summed E-state index contributed by atoms with van der Waals surface area (Å²) < 4.78 is 25.1. The summed E-state index contributed by atoms with van der Waals surface area (Å²) >= 11 is 0. The first-order valence-corrected chi connectivity index (χ1v) is 9.16. The topological polar surface area (TPSA) is 102 Å². The van der Waals surface area contributed by atoms with Crippen LogP contribution >= 0.6 is 0 Å². The van der Waals surface area contributed by atoms with Crippen LogP contribution in [0.5, 0.6) is 0 Å². The number of nitrogens with zero attached hydrogens (tertiary/aromatic N) is 3. The Labute approximate surface area is 124 Å². The largest absolute Gasteiger partial charge is 0.476 e. The zero-order valence-electron chi connectivity index (χ0n) is 12.3. The van der Waals surface area contributed by atoms with Crippen LogP contribution in [-0.4, -0.2) is 46.0 Å². The molecule has 1 fully saturated rings. The van der Waals surface area contributed by atoms with Crippen LogP contribution in [0.1, 0.15) is 61.3 Å². The van der Waals surface area contributed by atoms with Crippen molar-refractivity contribution in [3.8, 4) is 0 Å². The summed E-state index contributed by atoms with van der Waals surface area (Å²) in [5.41, 5.74) is 0.586. The van der Waals surface area contributed by atoms with Gasteiger partial charge in [0.25, 0.3) is 0 Å². The van der Waals surface area contributed by atoms with Gasteiger partial charge in [0.2, 0.25) is 0 Å². The van der Waals surface area contributed by atoms with E-state index in [-0.39, 0.29) is 17.0 Å². The molecule has 0 aromatic carbocycles. The van der Waals surface area contributed by atoms with Crippen LogP contribution in [0.2, 0.25) is 0 Å². The number of rotatable bonds is 5. The van der Waals surface area contributed by atoms with Crippen molar-refractivity contribution in [3.05, 3.63) is 11.4 Å². The maximum atomic E-state index is 11.7. The second kappa shape index (κ2) is 6.13. The quantitative estimate of drug-likeness (QED) is 0.882. The number of carbonyl (C=O) groups is 1. The van der Waals surface area contributed by atoms with E-state index in [0.717, 1.165) is 19.3 Å². The molecule has 1 N–H and O–H groups in total. The summed E-state index contributed by atoms with van der Waals surface area (Å²) in [6, 6.07) is -0.0828. The highest BCUT2D eigenvalue weighted by atomic mass is 32.2. The lowest BCUT2D eigenvalue weighted by molar-refractivity contribution is 0.0689. The van der Waals surface area contributed by atoms with Crippen LogP contribution in [0.15, 0.2) is 0 Å². The van der Waals surface area contributed by atoms with E-state index < -0.39 is 15.8 Å². The monoisotopic (exact) mass is 315 g/mol. The van der Waals surface area contributed by atoms with Crippen molar-refractivity contribution in [1.29, 1.82) is 0 Å². The molecular weight excluding hydrogens is 294 g/mol. The smallest absolute Gasteiger partial charge is 0.358 e. The Morgan fingerprint density at radius 3 is 2.71 bits per heavy atom. The summed E-state index contributed by atoms with van der Waals surface area (Å²) in [6.07, 6.45) is 5.39. The first-order valence-electron chi connectivity index (χ1n) is 7.20. The van der Waals surface area contributed by atoms with Gasteiger partial charge in [0.05, 0.1) is 17.0 Å². The first-order chi connectivity index (χ1) is 9.84. The predicted molar refractivity (Wildman–Crippen MR) is 77.1 cm³/mol. The van der Waals surface area contributed by atoms with E-state index in [1.807, 2.05) is 6.92 Å². The highest BCUT2D eigenvalue weighted by Gasteiger charge is 2.32. The molecule has 1 aromatic rings. The van der Waals surface area contributed by atoms with Gasteiger partial charge in [0.15, 0.2) is 5.69 Å². The van der Waals surface area contributed by atoms with Crippen LogP contribution in [0.25, 0.3) is 0 Å². The SMILES string of the molecule is CCCc1c(C(=O)O)nnn1C1CCCC(S(C)(=O)=O)C1. The molecule has 0 radical (unpaired) electrons. The lowest BCUT2D eigenvalue weighted by Crippen LogP contribution is -2.30. The van der Waals surface area contributed by atoms with Crippen molar-refractivity contribution < 1.29 is 18.3 Å². The van der Waals surface area contributed by atoms with Crippen LogP contribution in [0, 0.1) is 0 Å². The third-order valence-corrected chi connectivity index (χ3v) is 5.67. The normalized spacial score (nSPS) is 23.1. The fourth-order valence-corrected chi connectivity index (χ4v) is 4.14. The fraction of sp³-hybridized carbons (Fsp3) is 0.769. The van der Waals surface area contributed by atoms with Crippen molar-refractivity contribution >= 4 is 15.8 Å². The maximum absolute atomic E-state index is 11.7. The Bertz CT molecular complexity index is 623. The number of aromatic nitrogens is 3. The molecule has 1 aliphatic carbocycles. The van der Waals surface area contributed by atoms with Crippen LogP contribution in [0.3, 0.4) is 0 Å². The third kappa shape index (κ3) is 3.42. The molecule has 1 saturated carbocycles. The zero-order valence-corrected chi connectivity index (χ0v) is 13.1. The standard InChI is InChI=1S/C13H21N3O4S/c1-3-5-11-12(13(17)18)14-15-16(11)9-6-4-7-10(8-9)21(2,19)20/h9-10H,3-8H2,1-2H3,(H,17,18). The Balaban J connectivity index is 2.31. The van der Waals surface area contributed by atoms with Crippen molar-refractivity contribution in [2.45, 2.75) is 56.7 Å². The number of hydrogen-bond acceptors (Lipinski definition) is 5. The molecular formula is C13H21N3O4S. The number of hydrogen-bond donors (Lipinski definition) is 1. The summed E-state index contributed by atoms with van der Waals surface area (Å²) in [5, 5.41) is 16.5. The summed E-state index contributed by atoms with van der Waals surface area (Å²) in [5.74, 6) is -1.08. The second-order valence-electron chi connectivity index (χ2n) is 5.66. The van der Waals surface area contributed by atoms with E-state index in [1.165, 1.54) is 6.26 Å². The van der Waals surface area contributed by atoms with E-state index in [2.05, 4.69) is 10.3 Å². The summed E-state index contributed by atoms with van der Waals surface area (Å²) in [7, 11) is -3.08. The maximum Gasteiger partial charge on any atom is 0.358 e. The second-order valence-corrected chi connectivity index (χ2v) is 7.98. The van der Waals surface area contributed by atoms with Crippen LogP contribution in [-0.2, 0) is 16.3 Å². The molecule has 0 spiro atoms. The molecule has 1 aliphatic rings. The van der Waals surface area contributed by atoms with E-state index >= 15 is 0 Å². The zero-order chi connectivity index (χ0) is 15.6. The lowest BCUT2D eigenvalue weighted by atomic mass is 9.94.